The van der Waals surface area contributed by atoms with Gasteiger partial charge in [-0.25, -0.2) is 10.1 Å². The molecule has 0 bridgehead atoms. The molecule has 0 aliphatic heterocycles. The lowest BCUT2D eigenvalue weighted by molar-refractivity contribution is 0.0951. The number of anilines is 1. The summed E-state index contributed by atoms with van der Waals surface area (Å²) in [6.45, 7) is 0. The van der Waals surface area contributed by atoms with Crippen molar-refractivity contribution in [3.05, 3.63) is 47.4 Å². The fourth-order valence-corrected chi connectivity index (χ4v) is 2.88. The van der Waals surface area contributed by atoms with E-state index < -0.39 is 5.91 Å². The summed E-state index contributed by atoms with van der Waals surface area (Å²) in [5.74, 6) is 0.0981. The Hall–Kier alpha value is -3.80. The van der Waals surface area contributed by atoms with Crippen LogP contribution in [0.15, 0.2) is 50.1 Å². The Labute approximate surface area is 149 Å². The number of hydrazone groups is 1. The van der Waals surface area contributed by atoms with Gasteiger partial charge in [0.05, 0.1) is 17.4 Å². The Morgan fingerprint density at radius 2 is 2.27 bits per heavy atom. The lowest BCUT2D eigenvalue weighted by Crippen LogP contribution is -2.19. The quantitative estimate of drug-likeness (QED) is 0.394. The summed E-state index contributed by atoms with van der Waals surface area (Å²) in [6, 6.07) is 7.05. The minimum absolute atomic E-state index is 0.0236. The van der Waals surface area contributed by atoms with Gasteiger partial charge in [-0.1, -0.05) is 11.3 Å². The van der Waals surface area contributed by atoms with Gasteiger partial charge >= 0.3 is 0 Å². The zero-order valence-electron chi connectivity index (χ0n) is 12.9. The van der Waals surface area contributed by atoms with Gasteiger partial charge in [0.2, 0.25) is 11.6 Å². The Morgan fingerprint density at radius 3 is 2.96 bits per heavy atom. The van der Waals surface area contributed by atoms with Gasteiger partial charge in [0.25, 0.3) is 5.91 Å². The van der Waals surface area contributed by atoms with Crippen LogP contribution in [0.4, 0.5) is 5.82 Å². The second-order valence-electron chi connectivity index (χ2n) is 4.86. The summed E-state index contributed by atoms with van der Waals surface area (Å²) >= 11 is 1.40. The van der Waals surface area contributed by atoms with Crippen LogP contribution in [-0.4, -0.2) is 37.4 Å². The molecular formula is C14H10N8O3S. The van der Waals surface area contributed by atoms with Gasteiger partial charge in [-0.3, -0.25) is 4.79 Å². The second kappa shape index (κ2) is 6.60. The minimum atomic E-state index is -0.558. The van der Waals surface area contributed by atoms with Crippen LogP contribution in [0.1, 0.15) is 16.2 Å². The first-order valence-corrected chi connectivity index (χ1v) is 8.07. The van der Waals surface area contributed by atoms with Gasteiger partial charge in [-0.15, -0.1) is 16.4 Å². The fraction of sp³-hybridized carbons (Fsp3) is 0. The highest BCUT2D eigenvalue weighted by Crippen LogP contribution is 2.29. The van der Waals surface area contributed by atoms with E-state index in [1.807, 2.05) is 17.5 Å². The first kappa shape index (κ1) is 15.7. The highest BCUT2D eigenvalue weighted by molar-refractivity contribution is 7.13. The van der Waals surface area contributed by atoms with Crippen LogP contribution in [0, 0.1) is 0 Å². The van der Waals surface area contributed by atoms with Gasteiger partial charge in [0.15, 0.2) is 5.69 Å². The molecule has 0 aromatic carbocycles. The lowest BCUT2D eigenvalue weighted by Gasteiger charge is -2.02. The summed E-state index contributed by atoms with van der Waals surface area (Å²) in [5, 5.41) is 20.8. The molecule has 3 N–H and O–H groups in total. The molecule has 0 fully saturated rings. The average Bonchev–Trinajstić information content (AvgIpc) is 3.41. The number of nitrogens with zero attached hydrogens (tertiary/aromatic N) is 6. The lowest BCUT2D eigenvalue weighted by atomic mass is 10.2. The Balaban J connectivity index is 1.69. The molecule has 4 aromatic rings. The van der Waals surface area contributed by atoms with E-state index in [2.05, 4.69) is 35.8 Å². The number of carbonyl (C=O) groups excluding carboxylic acids is 1. The molecule has 12 heteroatoms. The number of nitrogens with one attached hydrogen (secondary N) is 1. The Kier molecular flexibility index (Phi) is 3.99. The molecule has 26 heavy (non-hydrogen) atoms. The highest BCUT2D eigenvalue weighted by Gasteiger charge is 2.25. The molecule has 0 aliphatic carbocycles. The minimum Gasteiger partial charge on any atom is -0.463 e. The fourth-order valence-electron chi connectivity index (χ4n) is 2.13. The largest absolute Gasteiger partial charge is 0.463 e. The van der Waals surface area contributed by atoms with E-state index in [-0.39, 0.29) is 17.3 Å². The smallest absolute Gasteiger partial charge is 0.294 e. The van der Waals surface area contributed by atoms with E-state index in [9.17, 15) is 4.79 Å². The number of furan rings is 1. The zero-order chi connectivity index (χ0) is 17.9. The van der Waals surface area contributed by atoms with Gasteiger partial charge < -0.3 is 10.2 Å². The van der Waals surface area contributed by atoms with E-state index in [0.29, 0.717) is 11.5 Å². The Bertz CT molecular complexity index is 1050. The first-order valence-electron chi connectivity index (χ1n) is 7.19. The maximum atomic E-state index is 12.5. The summed E-state index contributed by atoms with van der Waals surface area (Å²) in [7, 11) is 0. The molecule has 0 aliphatic rings. The monoisotopic (exact) mass is 370 g/mol. The van der Waals surface area contributed by atoms with Gasteiger partial charge in [0.1, 0.15) is 11.5 Å². The molecular weight excluding hydrogens is 360 g/mol. The summed E-state index contributed by atoms with van der Waals surface area (Å²) in [4.78, 5) is 13.2. The predicted molar refractivity (Wildman–Crippen MR) is 90.7 cm³/mol. The molecule has 0 saturated heterocycles. The van der Waals surface area contributed by atoms with E-state index in [1.165, 1.54) is 28.5 Å². The van der Waals surface area contributed by atoms with Crippen molar-refractivity contribution in [3.8, 4) is 16.4 Å². The van der Waals surface area contributed by atoms with Crippen LogP contribution in [0.25, 0.3) is 16.4 Å². The summed E-state index contributed by atoms with van der Waals surface area (Å²) in [6.07, 6.45) is 2.87. The number of hydrogen-bond donors (Lipinski definition) is 2. The van der Waals surface area contributed by atoms with Crippen LogP contribution in [-0.2, 0) is 0 Å². The maximum absolute atomic E-state index is 12.5. The van der Waals surface area contributed by atoms with Crippen LogP contribution < -0.4 is 11.2 Å². The number of nitrogens with two attached hydrogens (primary N) is 1. The molecule has 1 amide bonds. The molecule has 11 nitrogen and oxygen atoms in total. The van der Waals surface area contributed by atoms with E-state index >= 15 is 0 Å². The molecule has 130 valence electrons. The number of carbonyl (C=O) groups is 1. The van der Waals surface area contributed by atoms with Crippen molar-refractivity contribution in [1.82, 2.24) is 30.7 Å². The molecule has 0 atom stereocenters. The van der Waals surface area contributed by atoms with Crippen molar-refractivity contribution in [1.29, 1.82) is 0 Å². The third kappa shape index (κ3) is 2.84. The SMILES string of the molecule is Nc1nonc1-n1nnc(C(=O)NN=Cc2ccco2)c1-c1cccs1. The normalized spacial score (nSPS) is 11.2. The number of aromatic nitrogens is 5. The average molecular weight is 370 g/mol. The molecule has 4 heterocycles. The van der Waals surface area contributed by atoms with Gasteiger partial charge in [-0.2, -0.15) is 9.78 Å². The third-order valence-electron chi connectivity index (χ3n) is 3.24. The summed E-state index contributed by atoms with van der Waals surface area (Å²) < 4.78 is 11.0. The first-order chi connectivity index (χ1) is 12.7. The van der Waals surface area contributed by atoms with Crippen molar-refractivity contribution >= 4 is 29.3 Å². The van der Waals surface area contributed by atoms with Crippen LogP contribution >= 0.6 is 11.3 Å². The highest BCUT2D eigenvalue weighted by atomic mass is 32.1. The molecule has 0 radical (unpaired) electrons. The van der Waals surface area contributed by atoms with Gasteiger partial charge in [-0.05, 0) is 33.9 Å². The third-order valence-corrected chi connectivity index (χ3v) is 4.11. The molecule has 0 saturated carbocycles. The molecule has 4 aromatic heterocycles. The van der Waals surface area contributed by atoms with E-state index in [4.69, 9.17) is 10.2 Å². The zero-order valence-corrected chi connectivity index (χ0v) is 13.8. The molecule has 0 spiro atoms. The molecule has 0 unspecified atom stereocenters. The number of nitrogen functional groups attached to an aromatic ring is 1. The Morgan fingerprint density at radius 1 is 1.35 bits per heavy atom. The van der Waals surface area contributed by atoms with E-state index in [1.54, 1.807) is 12.1 Å². The van der Waals surface area contributed by atoms with Crippen molar-refractivity contribution in [2.24, 2.45) is 5.10 Å². The summed E-state index contributed by atoms with van der Waals surface area (Å²) in [5.41, 5.74) is 8.55. The van der Waals surface area contributed by atoms with Crippen LogP contribution in [0.5, 0.6) is 0 Å². The molecule has 4 rings (SSSR count). The van der Waals surface area contributed by atoms with Crippen molar-refractivity contribution in [3.63, 3.8) is 0 Å². The number of amides is 1. The van der Waals surface area contributed by atoms with E-state index in [0.717, 1.165) is 4.88 Å². The number of thiophene rings is 1. The van der Waals surface area contributed by atoms with Crippen molar-refractivity contribution in [2.45, 2.75) is 0 Å². The van der Waals surface area contributed by atoms with Crippen LogP contribution in [0.3, 0.4) is 0 Å². The number of rotatable bonds is 5. The van der Waals surface area contributed by atoms with Crippen molar-refractivity contribution in [2.75, 3.05) is 5.73 Å². The predicted octanol–water partition coefficient (Wildman–Crippen LogP) is 1.32. The van der Waals surface area contributed by atoms with Crippen LogP contribution in [0.2, 0.25) is 0 Å². The van der Waals surface area contributed by atoms with Gasteiger partial charge in [0, 0.05) is 0 Å². The number of hydrogen-bond acceptors (Lipinski definition) is 10. The standard InChI is InChI=1S/C14H10N8O3S/c15-12-13(20-25-19-12)22-11(9-4-2-6-26-9)10(17-21-22)14(23)18-16-7-8-3-1-5-24-8/h1-7H,(H2,15,19)(H,18,23). The second-order valence-corrected chi connectivity index (χ2v) is 5.81. The maximum Gasteiger partial charge on any atom is 0.294 e. The topological polar surface area (TPSA) is 150 Å². The van der Waals surface area contributed by atoms with Crippen molar-refractivity contribution < 1.29 is 13.8 Å².